The third-order valence-electron chi connectivity index (χ3n) is 5.61. The Bertz CT molecular complexity index is 941. The van der Waals surface area contributed by atoms with Gasteiger partial charge in [0.15, 0.2) is 0 Å². The lowest BCUT2D eigenvalue weighted by Crippen LogP contribution is -2.34. The molecule has 8 nitrogen and oxygen atoms in total. The van der Waals surface area contributed by atoms with Crippen LogP contribution in [-0.2, 0) is 10.0 Å². The Morgan fingerprint density at radius 2 is 1.62 bits per heavy atom. The number of amides is 1. The van der Waals surface area contributed by atoms with Gasteiger partial charge in [0.2, 0.25) is 15.9 Å². The smallest absolute Gasteiger partial charge is 0.309 e. The lowest BCUT2D eigenvalue weighted by molar-refractivity contribution is 0.0899. The standard InChI is InChI=1S/C20H26N4O4S/c25-18(21-16-7-3-1-2-4-8-16)20-23-22-19(28-20)15-9-11-17(12-10-15)29(26,27)24-13-5-6-14-24/h9-12,16H,1-8,13-14H2,(H,21,25). The summed E-state index contributed by atoms with van der Waals surface area (Å²) in [5.74, 6) is -0.233. The van der Waals surface area contributed by atoms with E-state index in [0.717, 1.165) is 38.5 Å². The maximum atomic E-state index is 12.6. The SMILES string of the molecule is O=C(NC1CCCCCC1)c1nnc(-c2ccc(S(=O)(=O)N3CCCC3)cc2)o1. The first-order chi connectivity index (χ1) is 14.0. The molecule has 1 saturated carbocycles. The van der Waals surface area contributed by atoms with E-state index in [2.05, 4.69) is 15.5 Å². The van der Waals surface area contributed by atoms with Crippen LogP contribution in [0.4, 0.5) is 0 Å². The Hall–Kier alpha value is -2.26. The van der Waals surface area contributed by atoms with Gasteiger partial charge in [0.05, 0.1) is 4.90 Å². The van der Waals surface area contributed by atoms with Gasteiger partial charge in [-0.2, -0.15) is 4.31 Å². The molecule has 1 amide bonds. The Morgan fingerprint density at radius 3 is 2.28 bits per heavy atom. The Morgan fingerprint density at radius 1 is 0.966 bits per heavy atom. The molecule has 0 atom stereocenters. The van der Waals surface area contributed by atoms with Crippen molar-refractivity contribution in [2.75, 3.05) is 13.1 Å². The number of rotatable bonds is 5. The Labute approximate surface area is 170 Å². The predicted molar refractivity (Wildman–Crippen MR) is 107 cm³/mol. The summed E-state index contributed by atoms with van der Waals surface area (Å²) in [6.45, 7) is 1.13. The van der Waals surface area contributed by atoms with Crippen molar-refractivity contribution in [3.05, 3.63) is 30.2 Å². The van der Waals surface area contributed by atoms with Crippen LogP contribution in [0.5, 0.6) is 0 Å². The molecule has 1 saturated heterocycles. The minimum atomic E-state index is -3.46. The molecule has 4 rings (SSSR count). The van der Waals surface area contributed by atoms with Crippen LogP contribution >= 0.6 is 0 Å². The van der Waals surface area contributed by atoms with Crippen LogP contribution in [-0.4, -0.2) is 48.0 Å². The van der Waals surface area contributed by atoms with Crippen molar-refractivity contribution in [2.24, 2.45) is 0 Å². The van der Waals surface area contributed by atoms with Crippen molar-refractivity contribution < 1.29 is 17.6 Å². The fraction of sp³-hybridized carbons (Fsp3) is 0.550. The Balaban J connectivity index is 1.44. The summed E-state index contributed by atoms with van der Waals surface area (Å²) in [6, 6.07) is 6.49. The van der Waals surface area contributed by atoms with Gasteiger partial charge >= 0.3 is 11.8 Å². The molecular formula is C20H26N4O4S. The molecule has 1 aromatic carbocycles. The van der Waals surface area contributed by atoms with Gasteiger partial charge in [-0.05, 0) is 49.9 Å². The van der Waals surface area contributed by atoms with E-state index >= 15 is 0 Å². The van der Waals surface area contributed by atoms with E-state index in [1.54, 1.807) is 24.3 Å². The number of carbonyl (C=O) groups excluding carboxylic acids is 1. The monoisotopic (exact) mass is 418 g/mol. The molecule has 1 N–H and O–H groups in total. The van der Waals surface area contributed by atoms with Gasteiger partial charge in [-0.1, -0.05) is 25.7 Å². The van der Waals surface area contributed by atoms with Crippen LogP contribution in [0.3, 0.4) is 0 Å². The molecule has 0 spiro atoms. The summed E-state index contributed by atoms with van der Waals surface area (Å²) < 4.78 is 32.3. The lowest BCUT2D eigenvalue weighted by atomic mass is 10.1. The fourth-order valence-electron chi connectivity index (χ4n) is 3.95. The summed E-state index contributed by atoms with van der Waals surface area (Å²) in [5.41, 5.74) is 0.575. The molecule has 0 radical (unpaired) electrons. The molecule has 29 heavy (non-hydrogen) atoms. The summed E-state index contributed by atoms with van der Waals surface area (Å²) in [6.07, 6.45) is 8.38. The van der Waals surface area contributed by atoms with Crippen LogP contribution in [0.1, 0.15) is 62.1 Å². The zero-order valence-electron chi connectivity index (χ0n) is 16.3. The number of nitrogens with zero attached hydrogens (tertiary/aromatic N) is 3. The van der Waals surface area contributed by atoms with Crippen LogP contribution in [0.15, 0.2) is 33.6 Å². The third-order valence-corrected chi connectivity index (χ3v) is 7.53. The number of nitrogens with one attached hydrogen (secondary N) is 1. The topological polar surface area (TPSA) is 105 Å². The van der Waals surface area contributed by atoms with E-state index < -0.39 is 10.0 Å². The highest BCUT2D eigenvalue weighted by atomic mass is 32.2. The van der Waals surface area contributed by atoms with E-state index in [4.69, 9.17) is 4.42 Å². The van der Waals surface area contributed by atoms with Crippen molar-refractivity contribution >= 4 is 15.9 Å². The van der Waals surface area contributed by atoms with Gasteiger partial charge < -0.3 is 9.73 Å². The molecular weight excluding hydrogens is 392 g/mol. The van der Waals surface area contributed by atoms with Gasteiger partial charge in [0.1, 0.15) is 0 Å². The van der Waals surface area contributed by atoms with Crippen molar-refractivity contribution in [3.8, 4) is 11.5 Å². The fourth-order valence-corrected chi connectivity index (χ4v) is 5.47. The first kappa shape index (κ1) is 20.0. The molecule has 1 aromatic heterocycles. The van der Waals surface area contributed by atoms with Crippen LogP contribution in [0.25, 0.3) is 11.5 Å². The molecule has 0 bridgehead atoms. The highest BCUT2D eigenvalue weighted by Crippen LogP contribution is 2.24. The van der Waals surface area contributed by atoms with Gasteiger partial charge in [0, 0.05) is 24.7 Å². The van der Waals surface area contributed by atoms with Crippen molar-refractivity contribution in [1.82, 2.24) is 19.8 Å². The number of sulfonamides is 1. The highest BCUT2D eigenvalue weighted by Gasteiger charge is 2.27. The molecule has 0 unspecified atom stereocenters. The van der Waals surface area contributed by atoms with Crippen LogP contribution < -0.4 is 5.32 Å². The summed E-state index contributed by atoms with van der Waals surface area (Å²) in [7, 11) is -3.46. The minimum Gasteiger partial charge on any atom is -0.412 e. The van der Waals surface area contributed by atoms with E-state index in [-0.39, 0.29) is 28.6 Å². The predicted octanol–water partition coefficient (Wildman–Crippen LogP) is 2.97. The molecule has 2 heterocycles. The number of hydrogen-bond donors (Lipinski definition) is 1. The third kappa shape index (κ3) is 4.51. The van der Waals surface area contributed by atoms with E-state index in [0.29, 0.717) is 18.7 Å². The maximum Gasteiger partial charge on any atom is 0.309 e. The molecule has 9 heteroatoms. The second-order valence-electron chi connectivity index (χ2n) is 7.71. The highest BCUT2D eigenvalue weighted by molar-refractivity contribution is 7.89. The van der Waals surface area contributed by atoms with E-state index in [1.807, 2.05) is 0 Å². The molecule has 156 valence electrons. The molecule has 2 aliphatic rings. The number of carbonyl (C=O) groups is 1. The normalized spacial score (nSPS) is 19.2. The minimum absolute atomic E-state index is 0.0713. The molecule has 2 aromatic rings. The average molecular weight is 419 g/mol. The zero-order valence-corrected chi connectivity index (χ0v) is 17.2. The first-order valence-electron chi connectivity index (χ1n) is 10.3. The van der Waals surface area contributed by atoms with Gasteiger partial charge in [-0.15, -0.1) is 10.2 Å². The zero-order chi connectivity index (χ0) is 20.3. The van der Waals surface area contributed by atoms with E-state index in [1.165, 1.54) is 17.1 Å². The van der Waals surface area contributed by atoms with Crippen molar-refractivity contribution in [2.45, 2.75) is 62.3 Å². The largest absolute Gasteiger partial charge is 0.412 e. The summed E-state index contributed by atoms with van der Waals surface area (Å²) in [4.78, 5) is 12.7. The number of benzene rings is 1. The van der Waals surface area contributed by atoms with Gasteiger partial charge in [0.25, 0.3) is 0 Å². The van der Waals surface area contributed by atoms with Crippen LogP contribution in [0, 0.1) is 0 Å². The van der Waals surface area contributed by atoms with E-state index in [9.17, 15) is 13.2 Å². The second-order valence-corrected chi connectivity index (χ2v) is 9.65. The summed E-state index contributed by atoms with van der Waals surface area (Å²) in [5, 5.41) is 10.8. The first-order valence-corrected chi connectivity index (χ1v) is 11.7. The van der Waals surface area contributed by atoms with Gasteiger partial charge in [-0.25, -0.2) is 8.42 Å². The van der Waals surface area contributed by atoms with Gasteiger partial charge in [-0.3, -0.25) is 4.79 Å². The quantitative estimate of drug-likeness (QED) is 0.749. The average Bonchev–Trinajstić information content (AvgIpc) is 3.38. The molecule has 1 aliphatic heterocycles. The van der Waals surface area contributed by atoms with Crippen LogP contribution in [0.2, 0.25) is 0 Å². The number of aromatic nitrogens is 2. The number of hydrogen-bond acceptors (Lipinski definition) is 6. The van der Waals surface area contributed by atoms with Crippen molar-refractivity contribution in [1.29, 1.82) is 0 Å². The molecule has 2 fully saturated rings. The summed E-state index contributed by atoms with van der Waals surface area (Å²) >= 11 is 0. The Kier molecular flexibility index (Phi) is 5.96. The molecule has 1 aliphatic carbocycles. The second kappa shape index (κ2) is 8.62. The lowest BCUT2D eigenvalue weighted by Gasteiger charge is -2.15. The maximum absolute atomic E-state index is 12.6. The van der Waals surface area contributed by atoms with Crippen molar-refractivity contribution in [3.63, 3.8) is 0 Å².